The van der Waals surface area contributed by atoms with Crippen molar-refractivity contribution >= 4 is 0 Å². The molecule has 0 radical (unpaired) electrons. The highest BCUT2D eigenvalue weighted by molar-refractivity contribution is 4.47. The van der Waals surface area contributed by atoms with Crippen LogP contribution in [0.1, 0.15) is 6.42 Å². The molecule has 0 aliphatic carbocycles. The Morgan fingerprint density at radius 3 is 1.18 bits per heavy atom. The van der Waals surface area contributed by atoms with Gasteiger partial charge < -0.3 is 20.2 Å². The van der Waals surface area contributed by atoms with Crippen LogP contribution in [0, 0.1) is 20.2 Å². The molecule has 0 aliphatic rings. The van der Waals surface area contributed by atoms with E-state index in [0.29, 0.717) is 0 Å². The lowest BCUT2D eigenvalue weighted by Gasteiger charge is -2.12. The SMILES string of the molecule is CN(C)CCCN(C)C.O=[N+]([O-])O.O=[N+]([O-])O. The fourth-order valence-electron chi connectivity index (χ4n) is 0.703. The first-order chi connectivity index (χ1) is 7.59. The van der Waals surface area contributed by atoms with Gasteiger partial charge in [-0.1, -0.05) is 0 Å². The van der Waals surface area contributed by atoms with Crippen LogP contribution in [0.3, 0.4) is 0 Å². The van der Waals surface area contributed by atoms with Crippen LogP contribution in [0.15, 0.2) is 0 Å². The molecule has 0 aromatic heterocycles. The minimum atomic E-state index is -1.50. The van der Waals surface area contributed by atoms with Crippen LogP contribution in [0.2, 0.25) is 0 Å². The summed E-state index contributed by atoms with van der Waals surface area (Å²) < 4.78 is 0. The Hall–Kier alpha value is -1.68. The molecule has 10 nitrogen and oxygen atoms in total. The van der Waals surface area contributed by atoms with Crippen LogP contribution < -0.4 is 0 Å². The molecule has 0 fully saturated rings. The largest absolute Gasteiger partial charge is 0.328 e. The molecule has 0 aliphatic heterocycles. The maximum atomic E-state index is 8.36. The summed E-state index contributed by atoms with van der Waals surface area (Å²) in [5.74, 6) is 0. The highest BCUT2D eigenvalue weighted by Gasteiger charge is 1.90. The molecular formula is C7H20N4O6. The third-order valence-corrected chi connectivity index (χ3v) is 1.21. The topological polar surface area (TPSA) is 133 Å². The van der Waals surface area contributed by atoms with Crippen LogP contribution in [0.4, 0.5) is 0 Å². The van der Waals surface area contributed by atoms with E-state index in [9.17, 15) is 0 Å². The number of hydrogen-bond acceptors (Lipinski definition) is 6. The minimum absolute atomic E-state index is 1.19. The molecule has 2 N–H and O–H groups in total. The molecule has 17 heavy (non-hydrogen) atoms. The maximum absolute atomic E-state index is 8.36. The Morgan fingerprint density at radius 2 is 1.06 bits per heavy atom. The van der Waals surface area contributed by atoms with Gasteiger partial charge in [-0.3, -0.25) is 0 Å². The van der Waals surface area contributed by atoms with Gasteiger partial charge >= 0.3 is 0 Å². The molecule has 0 atom stereocenters. The number of rotatable bonds is 4. The standard InChI is InChI=1S/C7H18N2.2HNO3/c1-8(2)6-5-7-9(3)4;2*2-1(3)4/h5-7H2,1-4H3;2*(H,2,3,4). The Kier molecular flexibility index (Phi) is 17.4. The van der Waals surface area contributed by atoms with Crippen molar-refractivity contribution in [1.29, 1.82) is 0 Å². The van der Waals surface area contributed by atoms with Gasteiger partial charge in [-0.25, -0.2) is 0 Å². The molecule has 0 saturated carbocycles. The summed E-state index contributed by atoms with van der Waals surface area (Å²) in [5, 5.41) is 27.3. The van der Waals surface area contributed by atoms with Gasteiger partial charge in [-0.15, -0.1) is 20.2 Å². The molecule has 0 bridgehead atoms. The predicted molar refractivity (Wildman–Crippen MR) is 59.3 cm³/mol. The summed E-state index contributed by atoms with van der Waals surface area (Å²) in [4.78, 5) is 21.1. The summed E-state index contributed by atoms with van der Waals surface area (Å²) in [6.07, 6.45) is 1.26. The third kappa shape index (κ3) is 116. The van der Waals surface area contributed by atoms with Gasteiger partial charge in [0.05, 0.1) is 0 Å². The zero-order chi connectivity index (χ0) is 14.4. The smallest absolute Gasteiger partial charge is 0.291 e. The van der Waals surface area contributed by atoms with Crippen molar-refractivity contribution in [2.45, 2.75) is 6.42 Å². The van der Waals surface area contributed by atoms with E-state index in [1.54, 1.807) is 0 Å². The van der Waals surface area contributed by atoms with E-state index < -0.39 is 10.2 Å². The van der Waals surface area contributed by atoms with Gasteiger partial charge in [0.25, 0.3) is 10.2 Å². The average Bonchev–Trinajstić information content (AvgIpc) is 1.99. The zero-order valence-electron chi connectivity index (χ0n) is 10.4. The van der Waals surface area contributed by atoms with E-state index in [2.05, 4.69) is 38.0 Å². The molecule has 10 heteroatoms. The molecular weight excluding hydrogens is 236 g/mol. The first kappa shape index (κ1) is 20.7. The first-order valence-corrected chi connectivity index (χ1v) is 4.55. The fourth-order valence-corrected chi connectivity index (χ4v) is 0.703. The van der Waals surface area contributed by atoms with Gasteiger partial charge in [0, 0.05) is 0 Å². The number of nitrogens with zero attached hydrogens (tertiary/aromatic N) is 4. The van der Waals surface area contributed by atoms with E-state index in [0.717, 1.165) is 0 Å². The second-order valence-corrected chi connectivity index (χ2v) is 3.44. The average molecular weight is 256 g/mol. The number of hydrogen-bond donors (Lipinski definition) is 2. The molecule has 0 amide bonds. The van der Waals surface area contributed by atoms with Crippen molar-refractivity contribution in [2.24, 2.45) is 0 Å². The second kappa shape index (κ2) is 14.3. The summed E-state index contributed by atoms with van der Waals surface area (Å²) in [6.45, 7) is 2.39. The van der Waals surface area contributed by atoms with Crippen molar-refractivity contribution in [2.75, 3.05) is 41.3 Å². The van der Waals surface area contributed by atoms with E-state index in [1.807, 2.05) is 0 Å². The van der Waals surface area contributed by atoms with E-state index in [4.69, 9.17) is 30.6 Å². The Labute approximate surface area is 99.3 Å². The molecule has 0 saturated heterocycles. The van der Waals surface area contributed by atoms with Crippen molar-refractivity contribution in [1.82, 2.24) is 9.80 Å². The Balaban J connectivity index is -0.000000205. The predicted octanol–water partition coefficient (Wildman–Crippen LogP) is -0.196. The van der Waals surface area contributed by atoms with E-state index in [1.165, 1.54) is 19.5 Å². The van der Waals surface area contributed by atoms with Gasteiger partial charge in [0.1, 0.15) is 0 Å². The molecule has 0 aromatic rings. The molecule has 0 heterocycles. The molecule has 104 valence electrons. The molecule has 0 spiro atoms. The lowest BCUT2D eigenvalue weighted by Crippen LogP contribution is -2.20. The minimum Gasteiger partial charge on any atom is -0.328 e. The van der Waals surface area contributed by atoms with Crippen LogP contribution in [-0.2, 0) is 0 Å². The van der Waals surface area contributed by atoms with Crippen molar-refractivity contribution in [3.8, 4) is 0 Å². The van der Waals surface area contributed by atoms with E-state index >= 15 is 0 Å². The van der Waals surface area contributed by atoms with Crippen LogP contribution in [0.5, 0.6) is 0 Å². The highest BCUT2D eigenvalue weighted by atomic mass is 16.9. The molecule has 0 unspecified atom stereocenters. The highest BCUT2D eigenvalue weighted by Crippen LogP contribution is 1.84. The van der Waals surface area contributed by atoms with Crippen molar-refractivity contribution in [3.63, 3.8) is 0 Å². The monoisotopic (exact) mass is 256 g/mol. The van der Waals surface area contributed by atoms with Gasteiger partial charge in [0.15, 0.2) is 0 Å². The summed E-state index contributed by atoms with van der Waals surface area (Å²) >= 11 is 0. The van der Waals surface area contributed by atoms with Crippen LogP contribution in [0.25, 0.3) is 0 Å². The lowest BCUT2D eigenvalue weighted by atomic mass is 10.4. The second-order valence-electron chi connectivity index (χ2n) is 3.44. The fraction of sp³-hybridized carbons (Fsp3) is 1.00. The maximum Gasteiger partial charge on any atom is 0.291 e. The van der Waals surface area contributed by atoms with Crippen molar-refractivity contribution < 1.29 is 20.6 Å². The normalized spacial score (nSPS) is 8.82. The Morgan fingerprint density at radius 1 is 0.882 bits per heavy atom. The van der Waals surface area contributed by atoms with Gasteiger partial charge in [-0.05, 0) is 47.7 Å². The third-order valence-electron chi connectivity index (χ3n) is 1.21. The summed E-state index contributed by atoms with van der Waals surface area (Å²) in [6, 6.07) is 0. The van der Waals surface area contributed by atoms with Crippen LogP contribution >= 0.6 is 0 Å². The summed E-state index contributed by atoms with van der Waals surface area (Å²) in [7, 11) is 8.43. The van der Waals surface area contributed by atoms with Gasteiger partial charge in [0.2, 0.25) is 0 Å². The zero-order valence-corrected chi connectivity index (χ0v) is 10.4. The first-order valence-electron chi connectivity index (χ1n) is 4.55. The quantitative estimate of drug-likeness (QED) is 0.522. The Bertz CT molecular complexity index is 171. The van der Waals surface area contributed by atoms with Gasteiger partial charge in [-0.2, -0.15) is 0 Å². The van der Waals surface area contributed by atoms with Crippen molar-refractivity contribution in [3.05, 3.63) is 20.2 Å². The molecule has 0 aromatic carbocycles. The molecule has 0 rings (SSSR count). The summed E-state index contributed by atoms with van der Waals surface area (Å²) in [5.41, 5.74) is 0. The van der Waals surface area contributed by atoms with E-state index in [-0.39, 0.29) is 0 Å². The van der Waals surface area contributed by atoms with Crippen LogP contribution in [-0.4, -0.2) is 71.7 Å². The lowest BCUT2D eigenvalue weighted by molar-refractivity contribution is -0.742.